The van der Waals surface area contributed by atoms with Crippen molar-refractivity contribution < 1.29 is 13.9 Å². The predicted molar refractivity (Wildman–Crippen MR) is 117 cm³/mol. The summed E-state index contributed by atoms with van der Waals surface area (Å²) in [5.41, 5.74) is 2.03. The number of fused-ring (bicyclic) bond motifs is 1. The highest BCUT2D eigenvalue weighted by Gasteiger charge is 2.23. The first-order valence-corrected chi connectivity index (χ1v) is 11.2. The second kappa shape index (κ2) is 10.1. The summed E-state index contributed by atoms with van der Waals surface area (Å²) >= 11 is 1.69. The normalized spacial score (nSPS) is 15.9. The molecule has 1 saturated heterocycles. The number of para-hydroxylation sites is 1. The molecule has 0 aliphatic carbocycles. The van der Waals surface area contributed by atoms with Crippen LogP contribution in [0.5, 0.6) is 0 Å². The maximum absolute atomic E-state index is 13.3. The molecule has 0 spiro atoms. The Morgan fingerprint density at radius 3 is 2.70 bits per heavy atom. The highest BCUT2D eigenvalue weighted by Crippen LogP contribution is 2.23. The Morgan fingerprint density at radius 2 is 1.93 bits per heavy atom. The summed E-state index contributed by atoms with van der Waals surface area (Å²) in [5.74, 6) is -0.213. The molecule has 1 N–H and O–H groups in total. The van der Waals surface area contributed by atoms with Gasteiger partial charge in [0, 0.05) is 26.1 Å². The quantitative estimate of drug-likeness (QED) is 0.592. The molecule has 1 atom stereocenters. The number of morpholine rings is 1. The molecule has 1 aromatic heterocycles. The van der Waals surface area contributed by atoms with E-state index in [2.05, 4.69) is 21.3 Å². The Hall–Kier alpha value is -2.35. The maximum atomic E-state index is 13.3. The zero-order valence-electron chi connectivity index (χ0n) is 16.9. The van der Waals surface area contributed by atoms with Crippen LogP contribution in [0, 0.1) is 5.82 Å². The van der Waals surface area contributed by atoms with Crippen molar-refractivity contribution in [3.8, 4) is 0 Å². The molecule has 4 rings (SSSR count). The third-order valence-electron chi connectivity index (χ3n) is 5.37. The number of halogens is 1. The van der Waals surface area contributed by atoms with Crippen LogP contribution in [0.3, 0.4) is 0 Å². The average Bonchev–Trinajstić information content (AvgIpc) is 3.19. The molecule has 0 radical (unpaired) electrons. The van der Waals surface area contributed by atoms with Gasteiger partial charge >= 0.3 is 0 Å². The number of hydrogen-bond acceptors (Lipinski definition) is 5. The summed E-state index contributed by atoms with van der Waals surface area (Å²) in [6, 6.07) is 14.7. The average molecular weight is 428 g/mol. The largest absolute Gasteiger partial charge is 0.379 e. The van der Waals surface area contributed by atoms with Gasteiger partial charge in [-0.05, 0) is 42.7 Å². The Kier molecular flexibility index (Phi) is 7.04. The lowest BCUT2D eigenvalue weighted by Gasteiger charge is -2.35. The van der Waals surface area contributed by atoms with Gasteiger partial charge in [0.05, 0.1) is 34.5 Å². The number of ether oxygens (including phenoxy) is 1. The molecular weight excluding hydrogens is 401 g/mol. The van der Waals surface area contributed by atoms with Gasteiger partial charge in [0.1, 0.15) is 5.82 Å². The minimum atomic E-state index is -0.252. The van der Waals surface area contributed by atoms with Gasteiger partial charge in [0.2, 0.25) is 5.91 Å². The molecule has 1 amide bonds. The Bertz CT molecular complexity index is 937. The van der Waals surface area contributed by atoms with E-state index in [1.807, 2.05) is 18.2 Å². The first-order valence-electron chi connectivity index (χ1n) is 10.4. The lowest BCUT2D eigenvalue weighted by Crippen LogP contribution is -2.43. The number of rotatable bonds is 8. The van der Waals surface area contributed by atoms with Gasteiger partial charge in [-0.15, -0.1) is 11.3 Å². The van der Waals surface area contributed by atoms with Crippen molar-refractivity contribution in [2.24, 2.45) is 0 Å². The second-order valence-corrected chi connectivity index (χ2v) is 8.56. The summed E-state index contributed by atoms with van der Waals surface area (Å²) in [6.07, 6.45) is 2.04. The van der Waals surface area contributed by atoms with Crippen molar-refractivity contribution in [3.63, 3.8) is 0 Å². The van der Waals surface area contributed by atoms with Gasteiger partial charge in [-0.1, -0.05) is 24.3 Å². The summed E-state index contributed by atoms with van der Waals surface area (Å²) in [4.78, 5) is 19.4. The molecule has 1 aliphatic heterocycles. The molecule has 0 bridgehead atoms. The Labute approximate surface area is 179 Å². The molecule has 158 valence electrons. The highest BCUT2D eigenvalue weighted by molar-refractivity contribution is 7.18. The molecule has 1 fully saturated rings. The SMILES string of the molecule is O=C(CCCc1nc2ccccc2s1)NC[C@@H](c1ccc(F)cc1)N1CCOCC1. The number of nitrogens with one attached hydrogen (secondary N) is 1. The van der Waals surface area contributed by atoms with E-state index in [1.54, 1.807) is 23.5 Å². The molecule has 30 heavy (non-hydrogen) atoms. The number of thiazole rings is 1. The first kappa shape index (κ1) is 20.9. The minimum absolute atomic E-state index is 0.0164. The Morgan fingerprint density at radius 1 is 1.17 bits per heavy atom. The number of aromatic nitrogens is 1. The van der Waals surface area contributed by atoms with Crippen LogP contribution >= 0.6 is 11.3 Å². The van der Waals surface area contributed by atoms with Crippen molar-refractivity contribution in [2.45, 2.75) is 25.3 Å². The third kappa shape index (κ3) is 5.41. The molecule has 3 aromatic rings. The van der Waals surface area contributed by atoms with Crippen LogP contribution in [0.1, 0.15) is 29.5 Å². The number of amides is 1. The zero-order chi connectivity index (χ0) is 20.8. The Balaban J connectivity index is 1.29. The van der Waals surface area contributed by atoms with Crippen molar-refractivity contribution in [3.05, 3.63) is 64.9 Å². The monoisotopic (exact) mass is 427 g/mol. The van der Waals surface area contributed by atoms with Crippen LogP contribution in [0.25, 0.3) is 10.2 Å². The minimum Gasteiger partial charge on any atom is -0.379 e. The standard InChI is InChI=1S/C23H26FN3O2S/c24-18-10-8-17(9-11-18)20(27-12-14-29-15-13-27)16-25-22(28)6-3-7-23-26-19-4-1-2-5-21(19)30-23/h1-2,4-5,8-11,20H,3,6-7,12-16H2,(H,25,28)/t20-/m0/s1. The van der Waals surface area contributed by atoms with Crippen molar-refractivity contribution in [1.82, 2.24) is 15.2 Å². The fourth-order valence-corrected chi connectivity index (χ4v) is 4.77. The van der Waals surface area contributed by atoms with Crippen molar-refractivity contribution in [1.29, 1.82) is 0 Å². The van der Waals surface area contributed by atoms with Gasteiger partial charge in [-0.25, -0.2) is 9.37 Å². The summed E-state index contributed by atoms with van der Waals surface area (Å²) < 4.78 is 20.0. The first-order chi connectivity index (χ1) is 14.7. The summed E-state index contributed by atoms with van der Waals surface area (Å²) in [7, 11) is 0. The van der Waals surface area contributed by atoms with E-state index in [-0.39, 0.29) is 17.8 Å². The molecule has 7 heteroatoms. The van der Waals surface area contributed by atoms with Gasteiger partial charge in [-0.2, -0.15) is 0 Å². The molecular formula is C23H26FN3O2S. The molecule has 2 aromatic carbocycles. The number of aryl methyl sites for hydroxylation is 1. The van der Waals surface area contributed by atoms with Crippen molar-refractivity contribution in [2.75, 3.05) is 32.8 Å². The topological polar surface area (TPSA) is 54.5 Å². The fourth-order valence-electron chi connectivity index (χ4n) is 3.76. The highest BCUT2D eigenvalue weighted by atomic mass is 32.1. The van der Waals surface area contributed by atoms with Crippen LogP contribution in [0.15, 0.2) is 48.5 Å². The van der Waals surface area contributed by atoms with Crippen LogP contribution in [-0.2, 0) is 16.0 Å². The van der Waals surface area contributed by atoms with Crippen molar-refractivity contribution >= 4 is 27.5 Å². The second-order valence-electron chi connectivity index (χ2n) is 7.45. The smallest absolute Gasteiger partial charge is 0.220 e. The third-order valence-corrected chi connectivity index (χ3v) is 6.46. The van der Waals surface area contributed by atoms with Crippen LogP contribution in [0.4, 0.5) is 4.39 Å². The van der Waals surface area contributed by atoms with Crippen LogP contribution < -0.4 is 5.32 Å². The number of hydrogen-bond donors (Lipinski definition) is 1. The predicted octanol–water partition coefficient (Wildman–Crippen LogP) is 3.95. The van der Waals surface area contributed by atoms with E-state index in [1.165, 1.54) is 16.8 Å². The maximum Gasteiger partial charge on any atom is 0.220 e. The van der Waals surface area contributed by atoms with Gasteiger partial charge in [0.15, 0.2) is 0 Å². The molecule has 0 unspecified atom stereocenters. The van der Waals surface area contributed by atoms with E-state index in [9.17, 15) is 9.18 Å². The molecule has 1 aliphatic rings. The number of nitrogens with zero attached hydrogens (tertiary/aromatic N) is 2. The van der Waals surface area contributed by atoms with Gasteiger partial charge < -0.3 is 10.1 Å². The van der Waals surface area contributed by atoms with E-state index >= 15 is 0 Å². The fraction of sp³-hybridized carbons (Fsp3) is 0.391. The zero-order valence-corrected chi connectivity index (χ0v) is 17.7. The van der Waals surface area contributed by atoms with E-state index in [0.717, 1.165) is 42.0 Å². The number of carbonyl (C=O) groups excluding carboxylic acids is 1. The van der Waals surface area contributed by atoms with E-state index in [0.29, 0.717) is 26.2 Å². The summed E-state index contributed by atoms with van der Waals surface area (Å²) in [6.45, 7) is 3.46. The molecule has 0 saturated carbocycles. The van der Waals surface area contributed by atoms with Crippen LogP contribution in [0.2, 0.25) is 0 Å². The van der Waals surface area contributed by atoms with E-state index < -0.39 is 0 Å². The lowest BCUT2D eigenvalue weighted by molar-refractivity contribution is -0.121. The van der Waals surface area contributed by atoms with E-state index in [4.69, 9.17) is 4.74 Å². The van der Waals surface area contributed by atoms with Gasteiger partial charge in [0.25, 0.3) is 0 Å². The lowest BCUT2D eigenvalue weighted by atomic mass is 10.0. The van der Waals surface area contributed by atoms with Crippen LogP contribution in [-0.4, -0.2) is 48.6 Å². The number of benzene rings is 2. The molecule has 5 nitrogen and oxygen atoms in total. The summed E-state index contributed by atoms with van der Waals surface area (Å²) in [5, 5.41) is 4.14. The number of carbonyl (C=O) groups is 1. The van der Waals surface area contributed by atoms with Gasteiger partial charge in [-0.3, -0.25) is 9.69 Å². The molecule has 2 heterocycles.